The van der Waals surface area contributed by atoms with Crippen molar-refractivity contribution in [1.82, 2.24) is 24.8 Å². The number of aromatic nitrogens is 3. The molecule has 2 aliphatic rings. The molecule has 0 unspecified atom stereocenters. The number of carboxylic acids is 1. The summed E-state index contributed by atoms with van der Waals surface area (Å²) in [5, 5.41) is 8.92. The van der Waals surface area contributed by atoms with Crippen LogP contribution in [0.1, 0.15) is 50.3 Å². The number of pyridine rings is 3. The Labute approximate surface area is 301 Å². The first-order valence-corrected chi connectivity index (χ1v) is 16.5. The smallest absolute Gasteiger partial charge is 0.433 e. The van der Waals surface area contributed by atoms with Crippen LogP contribution >= 0.6 is 0 Å². The normalized spacial score (nSPS) is 17.9. The zero-order chi connectivity index (χ0) is 39.4. The van der Waals surface area contributed by atoms with Crippen LogP contribution in [0.3, 0.4) is 0 Å². The van der Waals surface area contributed by atoms with Crippen LogP contribution in [0.5, 0.6) is 0 Å². The van der Waals surface area contributed by atoms with Gasteiger partial charge in [-0.15, -0.1) is 0 Å². The average molecular weight is 752 g/mol. The summed E-state index contributed by atoms with van der Waals surface area (Å²) >= 11 is 0. The predicted molar refractivity (Wildman–Crippen MR) is 180 cm³/mol. The minimum atomic E-state index is -4.55. The number of anilines is 2. The van der Waals surface area contributed by atoms with Crippen molar-refractivity contribution in [2.45, 2.75) is 65.5 Å². The Hall–Kier alpha value is -5.29. The van der Waals surface area contributed by atoms with Gasteiger partial charge in [-0.3, -0.25) is 24.4 Å². The summed E-state index contributed by atoms with van der Waals surface area (Å²) in [5.74, 6) is -1.23. The standard InChI is InChI=1S/C21H23F3N4O2.C14H16F3N3O3/c1-13(2)18-12-27(16-4-5-19(26-10-16)21(22,23)24)20(30)28(18)11-17(29)9-15-8-14(3)6-7-25-15;1-8(2)10-6-19(13(23)20(10)7-12(21)22)9-3-4-11(18-5-9)14(15,16)17/h4-8,10,13,18H,9,11-12H2,1-3H3;3-5,8,10H,6-7H2,1-2H3,(H,21,22)/t18-;10-/m11/s1. The summed E-state index contributed by atoms with van der Waals surface area (Å²) < 4.78 is 75.9. The van der Waals surface area contributed by atoms with E-state index in [4.69, 9.17) is 5.11 Å². The molecule has 2 aliphatic heterocycles. The molecule has 2 atom stereocenters. The fourth-order valence-corrected chi connectivity index (χ4v) is 5.98. The van der Waals surface area contributed by atoms with Crippen LogP contribution in [0.4, 0.5) is 47.3 Å². The molecule has 3 aromatic heterocycles. The summed E-state index contributed by atoms with van der Waals surface area (Å²) in [6, 6.07) is 6.16. The first-order chi connectivity index (χ1) is 24.7. The second-order valence-electron chi connectivity index (χ2n) is 13.4. The van der Waals surface area contributed by atoms with Crippen LogP contribution in [0, 0.1) is 18.8 Å². The zero-order valence-corrected chi connectivity index (χ0v) is 29.5. The molecular weight excluding hydrogens is 712 g/mol. The molecule has 0 spiro atoms. The molecule has 4 amide bonds. The van der Waals surface area contributed by atoms with E-state index in [9.17, 15) is 45.5 Å². The molecule has 18 heteroatoms. The van der Waals surface area contributed by atoms with Crippen molar-refractivity contribution in [2.24, 2.45) is 11.8 Å². The van der Waals surface area contributed by atoms with Gasteiger partial charge in [-0.2, -0.15) is 26.3 Å². The predicted octanol–water partition coefficient (Wildman–Crippen LogP) is 6.33. The summed E-state index contributed by atoms with van der Waals surface area (Å²) in [6.45, 7) is 9.43. The Morgan fingerprint density at radius 2 is 1.21 bits per heavy atom. The van der Waals surface area contributed by atoms with E-state index < -0.39 is 48.3 Å². The summed E-state index contributed by atoms with van der Waals surface area (Å²) in [4.78, 5) is 65.1. The van der Waals surface area contributed by atoms with Gasteiger partial charge < -0.3 is 14.9 Å². The largest absolute Gasteiger partial charge is 0.480 e. The second kappa shape index (κ2) is 16.2. The minimum absolute atomic E-state index is 0.00528. The number of urea groups is 2. The highest BCUT2D eigenvalue weighted by molar-refractivity contribution is 5.98. The first kappa shape index (κ1) is 40.5. The molecule has 53 heavy (non-hydrogen) atoms. The van der Waals surface area contributed by atoms with Gasteiger partial charge in [0.05, 0.1) is 48.8 Å². The lowest BCUT2D eigenvalue weighted by Gasteiger charge is -2.25. The van der Waals surface area contributed by atoms with Crippen LogP contribution in [-0.4, -0.2) is 91.9 Å². The lowest BCUT2D eigenvalue weighted by Crippen LogP contribution is -2.41. The van der Waals surface area contributed by atoms with E-state index >= 15 is 0 Å². The van der Waals surface area contributed by atoms with Crippen molar-refractivity contribution in [3.05, 3.63) is 77.6 Å². The Bertz CT molecular complexity index is 1790. The van der Waals surface area contributed by atoms with E-state index in [-0.39, 0.29) is 67.1 Å². The van der Waals surface area contributed by atoms with Gasteiger partial charge in [0, 0.05) is 25.0 Å². The van der Waals surface area contributed by atoms with Crippen LogP contribution in [-0.2, 0) is 28.4 Å². The highest BCUT2D eigenvalue weighted by Crippen LogP contribution is 2.33. The van der Waals surface area contributed by atoms with Crippen molar-refractivity contribution in [3.8, 4) is 0 Å². The van der Waals surface area contributed by atoms with E-state index in [2.05, 4.69) is 15.0 Å². The number of amides is 4. The number of halogens is 6. The minimum Gasteiger partial charge on any atom is -0.480 e. The van der Waals surface area contributed by atoms with Crippen molar-refractivity contribution >= 4 is 35.2 Å². The molecule has 3 aromatic rings. The van der Waals surface area contributed by atoms with Gasteiger partial charge in [0.1, 0.15) is 17.9 Å². The molecule has 286 valence electrons. The molecule has 2 fully saturated rings. The zero-order valence-electron chi connectivity index (χ0n) is 29.5. The Balaban J connectivity index is 0.000000245. The first-order valence-electron chi connectivity index (χ1n) is 16.5. The monoisotopic (exact) mass is 751 g/mol. The van der Waals surface area contributed by atoms with Crippen LogP contribution < -0.4 is 9.80 Å². The summed E-state index contributed by atoms with van der Waals surface area (Å²) in [5.41, 5.74) is 0.0461. The molecule has 0 radical (unpaired) electrons. The lowest BCUT2D eigenvalue weighted by molar-refractivity contribution is -0.141. The molecule has 12 nitrogen and oxygen atoms in total. The van der Waals surface area contributed by atoms with Gasteiger partial charge in [0.25, 0.3) is 0 Å². The van der Waals surface area contributed by atoms with E-state index in [0.717, 1.165) is 36.2 Å². The summed E-state index contributed by atoms with van der Waals surface area (Å²) in [7, 11) is 0. The number of carbonyl (C=O) groups excluding carboxylic acids is 3. The Morgan fingerprint density at radius 1 is 0.755 bits per heavy atom. The molecule has 0 aromatic carbocycles. The van der Waals surface area contributed by atoms with Crippen LogP contribution in [0.2, 0.25) is 0 Å². The summed E-state index contributed by atoms with van der Waals surface area (Å²) in [6.07, 6.45) is -5.34. The Kier molecular flexibility index (Phi) is 12.3. The number of carboxylic acid groups (broad SMARTS) is 1. The average Bonchev–Trinajstić information content (AvgIpc) is 3.56. The lowest BCUT2D eigenvalue weighted by atomic mass is 10.0. The molecule has 0 bridgehead atoms. The fraction of sp³-hybridized carbons (Fsp3) is 0.457. The molecule has 1 N–H and O–H groups in total. The van der Waals surface area contributed by atoms with Crippen LogP contribution in [0.25, 0.3) is 0 Å². The van der Waals surface area contributed by atoms with Gasteiger partial charge in [0.15, 0.2) is 5.78 Å². The molecular formula is C35H39F6N7O5. The van der Waals surface area contributed by atoms with Gasteiger partial charge in [-0.25, -0.2) is 19.6 Å². The number of nitrogens with zero attached hydrogens (tertiary/aromatic N) is 7. The van der Waals surface area contributed by atoms with E-state index in [0.29, 0.717) is 5.69 Å². The number of aliphatic carboxylic acids is 1. The van der Waals surface area contributed by atoms with Crippen molar-refractivity contribution in [2.75, 3.05) is 36.0 Å². The third-order valence-corrected chi connectivity index (χ3v) is 8.73. The third kappa shape index (κ3) is 9.98. The maximum absolute atomic E-state index is 13.0. The third-order valence-electron chi connectivity index (χ3n) is 8.73. The number of carbonyl (C=O) groups is 4. The second-order valence-corrected chi connectivity index (χ2v) is 13.4. The number of hydrogen-bond acceptors (Lipinski definition) is 7. The van der Waals surface area contributed by atoms with Crippen molar-refractivity contribution in [1.29, 1.82) is 0 Å². The molecule has 2 saturated heterocycles. The maximum Gasteiger partial charge on any atom is 0.433 e. The van der Waals surface area contributed by atoms with Gasteiger partial charge in [0.2, 0.25) is 0 Å². The van der Waals surface area contributed by atoms with E-state index in [1.165, 1.54) is 25.7 Å². The van der Waals surface area contributed by atoms with Crippen LogP contribution in [0.15, 0.2) is 55.0 Å². The van der Waals surface area contributed by atoms with Crippen molar-refractivity contribution in [3.63, 3.8) is 0 Å². The van der Waals surface area contributed by atoms with Crippen molar-refractivity contribution < 1.29 is 50.6 Å². The number of aryl methyl sites for hydroxylation is 1. The molecule has 5 heterocycles. The molecule has 0 aliphatic carbocycles. The SMILES string of the molecule is CC(C)[C@H]1CN(c2ccc(C(F)(F)F)nc2)C(=O)N1CC(=O)O.Cc1ccnc(CC(=O)CN2C(=O)N(c3ccc(C(F)(F)F)nc3)C[C@@H]2C(C)C)c1. The van der Waals surface area contributed by atoms with E-state index in [1.54, 1.807) is 6.20 Å². The highest BCUT2D eigenvalue weighted by Gasteiger charge is 2.42. The topological polar surface area (TPSA) is 140 Å². The Morgan fingerprint density at radius 3 is 1.57 bits per heavy atom. The van der Waals surface area contributed by atoms with Gasteiger partial charge in [-0.05, 0) is 60.7 Å². The highest BCUT2D eigenvalue weighted by atomic mass is 19.4. The van der Waals surface area contributed by atoms with Gasteiger partial charge >= 0.3 is 30.4 Å². The van der Waals surface area contributed by atoms with E-state index in [1.807, 2.05) is 46.8 Å². The number of alkyl halides is 6. The molecule has 0 saturated carbocycles. The molecule has 5 rings (SSSR count). The fourth-order valence-electron chi connectivity index (χ4n) is 5.98. The van der Waals surface area contributed by atoms with Gasteiger partial charge in [-0.1, -0.05) is 27.7 Å². The quantitative estimate of drug-likeness (QED) is 0.237. The number of rotatable bonds is 10. The number of ketones is 1. The maximum atomic E-state index is 13.0. The number of Topliss-reactive ketones (excluding diaryl/α,β-unsaturated/α-hetero) is 1. The number of hydrogen-bond donors (Lipinski definition) is 1.